The third-order valence-electron chi connectivity index (χ3n) is 4.95. The molecule has 32 heavy (non-hydrogen) atoms. The Hall–Kier alpha value is -3.91. The number of para-hydroxylation sites is 1. The first kappa shape index (κ1) is 20.0. The minimum absolute atomic E-state index is 0.00341. The number of benzene rings is 3. The Bertz CT molecular complexity index is 1540. The van der Waals surface area contributed by atoms with E-state index in [0.29, 0.717) is 16.8 Å². The van der Waals surface area contributed by atoms with Gasteiger partial charge in [0, 0.05) is 11.1 Å². The van der Waals surface area contributed by atoms with E-state index in [4.69, 9.17) is 11.6 Å². The van der Waals surface area contributed by atoms with E-state index in [1.54, 1.807) is 30.3 Å². The first-order valence-corrected chi connectivity index (χ1v) is 9.78. The molecule has 0 radical (unpaired) electrons. The number of hydrogen-bond donors (Lipinski definition) is 0. The van der Waals surface area contributed by atoms with Crippen LogP contribution in [0.15, 0.2) is 77.9 Å². The Morgan fingerprint density at radius 3 is 2.34 bits per heavy atom. The second-order valence-corrected chi connectivity index (χ2v) is 7.35. The number of aromatic nitrogens is 4. The number of rotatable bonds is 3. The lowest BCUT2D eigenvalue weighted by Crippen LogP contribution is -2.24. The number of hydrogen-bond acceptors (Lipinski definition) is 3. The molecule has 0 saturated heterocycles. The summed E-state index contributed by atoms with van der Waals surface area (Å²) in [6, 6.07) is 15.1. The quantitative estimate of drug-likeness (QED) is 0.373. The van der Waals surface area contributed by atoms with Gasteiger partial charge in [-0.05, 0) is 48.5 Å². The third kappa shape index (κ3) is 3.25. The van der Waals surface area contributed by atoms with Crippen LogP contribution in [-0.4, -0.2) is 19.1 Å². The summed E-state index contributed by atoms with van der Waals surface area (Å²) in [4.78, 5) is 22.2. The standard InChI is InChI=1S/C23H12ClF3N4O/c24-13-5-8-15(9-6-13)31-22(16-10-7-14(25)11-18(16)27)29-21-20(23(31)32)30(12-28-21)19-4-2-1-3-17(19)26/h1-12H. The van der Waals surface area contributed by atoms with Crippen LogP contribution in [0.25, 0.3) is 33.9 Å². The fourth-order valence-electron chi connectivity index (χ4n) is 3.48. The molecule has 0 bridgehead atoms. The predicted molar refractivity (Wildman–Crippen MR) is 115 cm³/mol. The summed E-state index contributed by atoms with van der Waals surface area (Å²) in [5, 5.41) is 0.432. The summed E-state index contributed by atoms with van der Waals surface area (Å²) in [6.07, 6.45) is 1.27. The van der Waals surface area contributed by atoms with E-state index in [1.165, 1.54) is 35.2 Å². The van der Waals surface area contributed by atoms with E-state index in [2.05, 4.69) is 9.97 Å². The van der Waals surface area contributed by atoms with Crippen molar-refractivity contribution in [3.63, 3.8) is 0 Å². The topological polar surface area (TPSA) is 52.7 Å². The van der Waals surface area contributed by atoms with Gasteiger partial charge in [0.2, 0.25) is 0 Å². The number of fused-ring (bicyclic) bond motifs is 1. The molecule has 0 amide bonds. The van der Waals surface area contributed by atoms with E-state index < -0.39 is 23.0 Å². The summed E-state index contributed by atoms with van der Waals surface area (Å²) in [6.45, 7) is 0. The first-order chi connectivity index (χ1) is 15.4. The molecule has 158 valence electrons. The van der Waals surface area contributed by atoms with Gasteiger partial charge in [0.05, 0.1) is 16.9 Å². The highest BCUT2D eigenvalue weighted by atomic mass is 35.5. The van der Waals surface area contributed by atoms with Gasteiger partial charge >= 0.3 is 0 Å². The van der Waals surface area contributed by atoms with Crippen molar-refractivity contribution < 1.29 is 13.2 Å². The SMILES string of the molecule is O=c1c2c(ncn2-c2ccccc2F)nc(-c2ccc(F)cc2F)n1-c1ccc(Cl)cc1. The van der Waals surface area contributed by atoms with Crippen molar-refractivity contribution in [1.29, 1.82) is 0 Å². The van der Waals surface area contributed by atoms with E-state index in [0.717, 1.165) is 10.6 Å². The Morgan fingerprint density at radius 1 is 0.875 bits per heavy atom. The summed E-state index contributed by atoms with van der Waals surface area (Å²) >= 11 is 5.98. The molecule has 2 heterocycles. The highest BCUT2D eigenvalue weighted by Crippen LogP contribution is 2.26. The van der Waals surface area contributed by atoms with Gasteiger partial charge in [-0.25, -0.2) is 23.1 Å². The fraction of sp³-hybridized carbons (Fsp3) is 0. The molecule has 3 aromatic carbocycles. The molecule has 0 aliphatic carbocycles. The zero-order valence-corrected chi connectivity index (χ0v) is 16.9. The van der Waals surface area contributed by atoms with Crippen LogP contribution < -0.4 is 5.56 Å². The first-order valence-electron chi connectivity index (χ1n) is 9.40. The van der Waals surface area contributed by atoms with Crippen molar-refractivity contribution in [3.05, 3.63) is 106 Å². The van der Waals surface area contributed by atoms with Gasteiger partial charge in [-0.15, -0.1) is 0 Å². The van der Waals surface area contributed by atoms with Gasteiger partial charge in [-0.2, -0.15) is 0 Å². The van der Waals surface area contributed by atoms with Crippen molar-refractivity contribution in [1.82, 2.24) is 19.1 Å². The molecule has 0 spiro atoms. The zero-order valence-electron chi connectivity index (χ0n) is 16.1. The van der Waals surface area contributed by atoms with Gasteiger partial charge in [0.25, 0.3) is 5.56 Å². The van der Waals surface area contributed by atoms with Crippen molar-refractivity contribution in [3.8, 4) is 22.8 Å². The average molecular weight is 453 g/mol. The maximum atomic E-state index is 14.7. The molecular weight excluding hydrogens is 441 g/mol. The van der Waals surface area contributed by atoms with E-state index >= 15 is 0 Å². The molecule has 0 fully saturated rings. The van der Waals surface area contributed by atoms with Gasteiger partial charge in [0.15, 0.2) is 17.0 Å². The Morgan fingerprint density at radius 2 is 1.62 bits per heavy atom. The zero-order chi connectivity index (χ0) is 22.4. The molecule has 0 N–H and O–H groups in total. The van der Waals surface area contributed by atoms with Crippen LogP contribution in [0.5, 0.6) is 0 Å². The van der Waals surface area contributed by atoms with Gasteiger partial charge < -0.3 is 0 Å². The molecule has 5 aromatic rings. The van der Waals surface area contributed by atoms with Crippen molar-refractivity contribution in [2.45, 2.75) is 0 Å². The molecular formula is C23H12ClF3N4O. The van der Waals surface area contributed by atoms with Gasteiger partial charge in [-0.1, -0.05) is 23.7 Å². The molecule has 0 saturated carbocycles. The maximum absolute atomic E-state index is 14.7. The highest BCUT2D eigenvalue weighted by molar-refractivity contribution is 6.30. The molecule has 2 aromatic heterocycles. The molecule has 0 unspecified atom stereocenters. The molecule has 0 atom stereocenters. The van der Waals surface area contributed by atoms with Crippen LogP contribution in [0.3, 0.4) is 0 Å². The van der Waals surface area contributed by atoms with Gasteiger partial charge in [0.1, 0.15) is 23.8 Å². The van der Waals surface area contributed by atoms with Crippen LogP contribution in [0.2, 0.25) is 5.02 Å². The molecule has 0 aliphatic rings. The number of imidazole rings is 1. The Balaban J connectivity index is 1.88. The van der Waals surface area contributed by atoms with E-state index in [1.807, 2.05) is 0 Å². The number of halogens is 4. The fourth-order valence-corrected chi connectivity index (χ4v) is 3.61. The smallest absolute Gasteiger partial charge is 0.285 e. The third-order valence-corrected chi connectivity index (χ3v) is 5.20. The minimum Gasteiger partial charge on any atom is -0.290 e. The molecule has 5 rings (SSSR count). The average Bonchev–Trinajstić information content (AvgIpc) is 3.19. The van der Waals surface area contributed by atoms with Crippen LogP contribution in [0.4, 0.5) is 13.2 Å². The minimum atomic E-state index is -0.896. The highest BCUT2D eigenvalue weighted by Gasteiger charge is 2.22. The van der Waals surface area contributed by atoms with E-state index in [-0.39, 0.29) is 28.2 Å². The lowest BCUT2D eigenvalue weighted by Gasteiger charge is -2.14. The van der Waals surface area contributed by atoms with Crippen molar-refractivity contribution >= 4 is 22.8 Å². The largest absolute Gasteiger partial charge is 0.290 e. The lowest BCUT2D eigenvalue weighted by atomic mass is 10.1. The monoisotopic (exact) mass is 452 g/mol. The van der Waals surface area contributed by atoms with Crippen LogP contribution >= 0.6 is 11.6 Å². The lowest BCUT2D eigenvalue weighted by molar-refractivity contribution is 0.584. The molecule has 5 nitrogen and oxygen atoms in total. The summed E-state index contributed by atoms with van der Waals surface area (Å²) in [5.74, 6) is -2.30. The van der Waals surface area contributed by atoms with Crippen LogP contribution in [0, 0.1) is 17.5 Å². The molecule has 9 heteroatoms. The maximum Gasteiger partial charge on any atom is 0.285 e. The molecule has 0 aliphatic heterocycles. The van der Waals surface area contributed by atoms with Crippen LogP contribution in [0.1, 0.15) is 0 Å². The normalized spacial score (nSPS) is 11.2. The summed E-state index contributed by atoms with van der Waals surface area (Å²) in [7, 11) is 0. The van der Waals surface area contributed by atoms with Crippen molar-refractivity contribution in [2.75, 3.05) is 0 Å². The van der Waals surface area contributed by atoms with Crippen molar-refractivity contribution in [2.24, 2.45) is 0 Å². The Kier molecular flexibility index (Phi) is 4.79. The number of nitrogens with zero attached hydrogens (tertiary/aromatic N) is 4. The van der Waals surface area contributed by atoms with Crippen LogP contribution in [-0.2, 0) is 0 Å². The second-order valence-electron chi connectivity index (χ2n) is 6.91. The van der Waals surface area contributed by atoms with E-state index in [9.17, 15) is 18.0 Å². The second kappa shape index (κ2) is 7.65. The summed E-state index contributed by atoms with van der Waals surface area (Å²) < 4.78 is 45.0. The van der Waals surface area contributed by atoms with Gasteiger partial charge in [-0.3, -0.25) is 13.9 Å². The predicted octanol–water partition coefficient (Wildman–Crippen LogP) is 5.31. The summed E-state index contributed by atoms with van der Waals surface area (Å²) in [5.41, 5.74) is -0.276. The Labute approximate surface area is 184 Å².